The number of aryl methyl sites for hydroxylation is 2. The molecule has 2 aromatic heterocycles. The fourth-order valence-electron chi connectivity index (χ4n) is 8.68. The van der Waals surface area contributed by atoms with Crippen molar-refractivity contribution in [3.8, 4) is 28.4 Å². The second kappa shape index (κ2) is 17.3. The third-order valence-corrected chi connectivity index (χ3v) is 12.5. The quantitative estimate of drug-likeness (QED) is 0.142. The summed E-state index contributed by atoms with van der Waals surface area (Å²) in [7, 11) is 0. The van der Waals surface area contributed by atoms with Crippen molar-refractivity contribution >= 4 is 44.6 Å². The molecule has 1 aliphatic rings. The van der Waals surface area contributed by atoms with Gasteiger partial charge in [0.05, 0.1) is 0 Å². The van der Waals surface area contributed by atoms with Gasteiger partial charge in [-0.1, -0.05) is 131 Å². The molecular formula is C58H52N4OPt. The van der Waals surface area contributed by atoms with Crippen molar-refractivity contribution < 1.29 is 25.8 Å². The van der Waals surface area contributed by atoms with Gasteiger partial charge in [-0.15, -0.1) is 53.6 Å². The first-order valence-electron chi connectivity index (χ1n) is 21.4. The van der Waals surface area contributed by atoms with Gasteiger partial charge >= 0.3 is 21.1 Å². The number of nitrogens with zero attached hydrogens (tertiary/aromatic N) is 4. The number of fused-ring (bicyclic) bond motifs is 4. The number of para-hydroxylation sites is 1. The summed E-state index contributed by atoms with van der Waals surface area (Å²) in [5, 5.41) is 2.23. The van der Waals surface area contributed by atoms with E-state index >= 15 is 0 Å². The number of pyridine rings is 1. The molecule has 320 valence electrons. The van der Waals surface area contributed by atoms with Crippen LogP contribution in [0.4, 0.5) is 22.7 Å². The maximum absolute atomic E-state index is 6.85. The summed E-state index contributed by atoms with van der Waals surface area (Å²) in [6, 6.07) is 63.3. The molecule has 0 amide bonds. The third-order valence-electron chi connectivity index (χ3n) is 12.5. The Kier molecular flexibility index (Phi) is 11.9. The van der Waals surface area contributed by atoms with Gasteiger partial charge in [0.1, 0.15) is 5.82 Å². The van der Waals surface area contributed by atoms with E-state index < -0.39 is 0 Å². The minimum Gasteiger partial charge on any atom is -0.509 e. The van der Waals surface area contributed by atoms with Crippen molar-refractivity contribution in [2.45, 2.75) is 59.3 Å². The Bertz CT molecular complexity index is 3130. The summed E-state index contributed by atoms with van der Waals surface area (Å²) in [5.74, 6) is 2.04. The van der Waals surface area contributed by atoms with Crippen LogP contribution in [-0.4, -0.2) is 9.55 Å². The minimum atomic E-state index is -0.186. The summed E-state index contributed by atoms with van der Waals surface area (Å²) in [4.78, 5) is 9.43. The van der Waals surface area contributed by atoms with Crippen LogP contribution < -0.4 is 14.5 Å². The van der Waals surface area contributed by atoms with Crippen LogP contribution in [-0.2, 0) is 31.9 Å². The van der Waals surface area contributed by atoms with Crippen LogP contribution in [0.25, 0.3) is 38.8 Å². The topological polar surface area (TPSA) is 33.5 Å². The minimum absolute atomic E-state index is 0. The molecule has 0 aliphatic carbocycles. The number of rotatable bonds is 8. The Balaban J connectivity index is 0.00000280. The average Bonchev–Trinajstić information content (AvgIpc) is 3.82. The van der Waals surface area contributed by atoms with E-state index in [1.54, 1.807) is 0 Å². The van der Waals surface area contributed by atoms with E-state index in [4.69, 9.17) is 9.72 Å². The van der Waals surface area contributed by atoms with Gasteiger partial charge in [0, 0.05) is 45.7 Å². The van der Waals surface area contributed by atoms with E-state index in [0.717, 1.165) is 61.5 Å². The van der Waals surface area contributed by atoms with Crippen LogP contribution in [0.15, 0.2) is 164 Å². The molecule has 0 radical (unpaired) electrons. The molecule has 3 heterocycles. The first kappa shape index (κ1) is 44.2. The monoisotopic (exact) mass is 1020 g/mol. The predicted octanol–water partition coefficient (Wildman–Crippen LogP) is 15.3. The van der Waals surface area contributed by atoms with E-state index in [9.17, 15) is 0 Å². The molecule has 9 aromatic rings. The van der Waals surface area contributed by atoms with E-state index in [0.29, 0.717) is 11.5 Å². The molecular weight excluding hydrogens is 964 g/mol. The standard InChI is InChI=1S/C57H49N4O.CH3.Pt/c1-38-29-53-54(30-39(38)2)60(37-59(53)45-22-16-21-44(33-45)57(6,7)42-19-12-9-13-20-42)46-31-41(40-17-10-8-11-18-40)32-48(35-46)62-47-25-26-50-49-23-14-15-24-51(49)61(52(50)36-47)55-34-43(27-28-58-55)56(3,4)5;;/h8-34,37H,1-7H3;1H3;/q-3;-1;+4. The fraction of sp³-hybridized carbons (Fsp3) is 0.155. The SMILES string of the molecule is Cc1cc2c(cc1C)N(c1cccc(C(C)(C)c3ccccc3)c1)[CH-]N2c1[c-]c(Oc2[c-]c3c(cc2)c2ccccc2n3-c2cc(C(C)(C)C)ccn2)cc(-c2ccccc2)c1.[CH3-].[Pt+4]. The van der Waals surface area contributed by atoms with Gasteiger partial charge < -0.3 is 26.5 Å². The second-order valence-corrected chi connectivity index (χ2v) is 18.0. The fourth-order valence-corrected chi connectivity index (χ4v) is 8.68. The van der Waals surface area contributed by atoms with Crippen LogP contribution in [0.5, 0.6) is 11.5 Å². The molecule has 6 heteroatoms. The summed E-state index contributed by atoms with van der Waals surface area (Å²) < 4.78 is 9.05. The van der Waals surface area contributed by atoms with Crippen LogP contribution in [0, 0.1) is 40.1 Å². The van der Waals surface area contributed by atoms with Crippen molar-refractivity contribution in [2.24, 2.45) is 0 Å². The van der Waals surface area contributed by atoms with Gasteiger partial charge in [0.25, 0.3) is 0 Å². The van der Waals surface area contributed by atoms with Crippen molar-refractivity contribution in [3.05, 3.63) is 218 Å². The zero-order valence-corrected chi connectivity index (χ0v) is 40.0. The molecule has 0 unspecified atom stereocenters. The molecule has 1 aliphatic heterocycles. The van der Waals surface area contributed by atoms with E-state index in [-0.39, 0.29) is 39.3 Å². The largest absolute Gasteiger partial charge is 4.00 e. The molecule has 64 heavy (non-hydrogen) atoms. The molecule has 0 spiro atoms. The Morgan fingerprint density at radius 2 is 1.23 bits per heavy atom. The van der Waals surface area contributed by atoms with Gasteiger partial charge in [0.15, 0.2) is 0 Å². The average molecular weight is 1020 g/mol. The molecule has 0 saturated carbocycles. The molecule has 10 rings (SSSR count). The first-order chi connectivity index (χ1) is 29.9. The zero-order chi connectivity index (χ0) is 42.8. The maximum Gasteiger partial charge on any atom is 4.00 e. The van der Waals surface area contributed by atoms with Crippen molar-refractivity contribution in [1.82, 2.24) is 9.55 Å². The van der Waals surface area contributed by atoms with Crippen LogP contribution in [0.1, 0.15) is 62.4 Å². The summed E-state index contributed by atoms with van der Waals surface area (Å²) in [6.45, 7) is 17.8. The first-order valence-corrected chi connectivity index (χ1v) is 21.4. The Labute approximate surface area is 393 Å². The summed E-state index contributed by atoms with van der Waals surface area (Å²) in [6.07, 6.45) is 1.90. The van der Waals surface area contributed by atoms with Gasteiger partial charge in [-0.25, -0.2) is 4.98 Å². The number of benzene rings is 7. The molecule has 0 N–H and O–H groups in total. The van der Waals surface area contributed by atoms with Crippen LogP contribution in [0.2, 0.25) is 0 Å². The van der Waals surface area contributed by atoms with Crippen molar-refractivity contribution in [1.29, 1.82) is 0 Å². The second-order valence-electron chi connectivity index (χ2n) is 18.0. The van der Waals surface area contributed by atoms with Crippen LogP contribution >= 0.6 is 0 Å². The van der Waals surface area contributed by atoms with Gasteiger partial charge in [-0.3, -0.25) is 0 Å². The van der Waals surface area contributed by atoms with Gasteiger partial charge in [-0.2, -0.15) is 6.07 Å². The van der Waals surface area contributed by atoms with Gasteiger partial charge in [0.2, 0.25) is 0 Å². The molecule has 0 saturated heterocycles. The maximum atomic E-state index is 6.85. The number of ether oxygens (including phenoxy) is 1. The molecule has 5 nitrogen and oxygen atoms in total. The smallest absolute Gasteiger partial charge is 0.509 e. The van der Waals surface area contributed by atoms with Crippen molar-refractivity contribution in [2.75, 3.05) is 9.80 Å². The Morgan fingerprint density at radius 1 is 0.562 bits per heavy atom. The molecule has 0 fully saturated rings. The number of aromatic nitrogens is 2. The molecule has 0 atom stereocenters. The summed E-state index contributed by atoms with van der Waals surface area (Å²) in [5.41, 5.74) is 14.2. The van der Waals surface area contributed by atoms with E-state index in [1.165, 1.54) is 27.8 Å². The normalized spacial score (nSPS) is 12.5. The number of anilines is 4. The predicted molar refractivity (Wildman–Crippen MR) is 263 cm³/mol. The van der Waals surface area contributed by atoms with Crippen LogP contribution in [0.3, 0.4) is 0 Å². The summed E-state index contributed by atoms with van der Waals surface area (Å²) >= 11 is 0. The van der Waals surface area contributed by atoms with E-state index in [2.05, 4.69) is 227 Å². The molecule has 0 bridgehead atoms. The number of hydrogen-bond donors (Lipinski definition) is 0. The Hall–Kier alpha value is -6.42. The Morgan fingerprint density at radius 3 is 1.97 bits per heavy atom. The zero-order valence-electron chi connectivity index (χ0n) is 37.7. The van der Waals surface area contributed by atoms with Gasteiger partial charge in [-0.05, 0) is 100 Å². The van der Waals surface area contributed by atoms with Crippen molar-refractivity contribution in [3.63, 3.8) is 0 Å². The van der Waals surface area contributed by atoms with E-state index in [1.807, 2.05) is 18.3 Å². The third kappa shape index (κ3) is 8.03. The number of hydrogen-bond acceptors (Lipinski definition) is 4. The molecule has 7 aromatic carbocycles.